The summed E-state index contributed by atoms with van der Waals surface area (Å²) in [5.74, 6) is -3.11. The highest BCUT2D eigenvalue weighted by Gasteiger charge is 2.57. The molecular weight excluding hydrogens is 495 g/mol. The number of aromatic nitrogens is 1. The molecule has 2 aliphatic heterocycles. The molecule has 0 bridgehead atoms. The van der Waals surface area contributed by atoms with Gasteiger partial charge in [0.25, 0.3) is 0 Å². The Balaban J connectivity index is 0.000000384. The number of alkyl halides is 5. The highest BCUT2D eigenvalue weighted by Crippen LogP contribution is 2.52. The molecule has 1 spiro atoms. The summed E-state index contributed by atoms with van der Waals surface area (Å²) in [5, 5.41) is 7.12. The number of hydrogen-bond acceptors (Lipinski definition) is 6. The lowest BCUT2D eigenvalue weighted by atomic mass is 9.92. The van der Waals surface area contributed by atoms with E-state index in [-0.39, 0.29) is 11.7 Å². The first-order valence-corrected chi connectivity index (χ1v) is 10.7. The van der Waals surface area contributed by atoms with Crippen molar-refractivity contribution in [1.82, 2.24) is 9.88 Å². The molecule has 8 nitrogen and oxygen atoms in total. The van der Waals surface area contributed by atoms with Gasteiger partial charge in [0, 0.05) is 30.9 Å². The largest absolute Gasteiger partial charge is 0.490 e. The fourth-order valence-corrected chi connectivity index (χ4v) is 4.51. The summed E-state index contributed by atoms with van der Waals surface area (Å²) in [6.45, 7) is -2.09. The summed E-state index contributed by atoms with van der Waals surface area (Å²) in [7, 11) is 0. The van der Waals surface area contributed by atoms with Crippen LogP contribution in [0.4, 0.5) is 22.0 Å². The molecule has 36 heavy (non-hydrogen) atoms. The first kappa shape index (κ1) is 25.3. The van der Waals surface area contributed by atoms with Crippen LogP contribution >= 0.6 is 0 Å². The first-order valence-electron chi connectivity index (χ1n) is 10.7. The lowest BCUT2D eigenvalue weighted by molar-refractivity contribution is -0.192. The molecule has 3 heterocycles. The Hall–Kier alpha value is -3.77. The molecule has 1 aliphatic carbocycles. The third-order valence-electron chi connectivity index (χ3n) is 6.37. The average molecular weight is 514 g/mol. The van der Waals surface area contributed by atoms with E-state index in [1.165, 1.54) is 18.3 Å². The zero-order valence-corrected chi connectivity index (χ0v) is 18.4. The number of esters is 1. The molecule has 1 atom stereocenters. The molecule has 1 amide bonds. The number of hydrogen-bond donors (Lipinski definition) is 1. The zero-order chi connectivity index (χ0) is 26.3. The number of amides is 1. The Kier molecular flexibility index (Phi) is 6.35. The minimum atomic E-state index is -5.08. The maximum Gasteiger partial charge on any atom is 0.490 e. The van der Waals surface area contributed by atoms with Gasteiger partial charge in [-0.15, -0.1) is 0 Å². The fraction of sp³-hybridized carbons (Fsp3) is 0.391. The number of fused-ring (bicyclic) bond motifs is 2. The van der Waals surface area contributed by atoms with E-state index in [1.54, 1.807) is 29.3 Å². The molecule has 1 saturated carbocycles. The van der Waals surface area contributed by atoms with Gasteiger partial charge in [0.1, 0.15) is 5.75 Å². The molecule has 1 N–H and O–H groups in total. The lowest BCUT2D eigenvalue weighted by Crippen LogP contribution is -2.40. The Morgan fingerprint density at radius 3 is 2.31 bits per heavy atom. The van der Waals surface area contributed by atoms with Crippen molar-refractivity contribution in [2.75, 3.05) is 13.1 Å². The molecule has 1 aromatic heterocycles. The number of rotatable bonds is 4. The van der Waals surface area contributed by atoms with Crippen LogP contribution in [-0.4, -0.2) is 58.7 Å². The lowest BCUT2D eigenvalue weighted by Gasteiger charge is -2.27. The van der Waals surface area contributed by atoms with Crippen LogP contribution in [0, 0.1) is 0 Å². The second-order valence-corrected chi connectivity index (χ2v) is 8.57. The molecule has 1 saturated heterocycles. The number of carboxylic acids is 1. The number of likely N-dealkylation sites (tertiary alicyclic amines) is 1. The van der Waals surface area contributed by atoms with Crippen LogP contribution in [0.25, 0.3) is 0 Å². The van der Waals surface area contributed by atoms with Gasteiger partial charge in [0.2, 0.25) is 5.91 Å². The monoisotopic (exact) mass is 514 g/mol. The summed E-state index contributed by atoms with van der Waals surface area (Å²) >= 11 is 0. The maximum atomic E-state index is 13.3. The van der Waals surface area contributed by atoms with Crippen molar-refractivity contribution >= 4 is 17.8 Å². The second-order valence-electron chi connectivity index (χ2n) is 8.57. The molecule has 13 heteroatoms. The number of aliphatic carboxylic acids is 1. The van der Waals surface area contributed by atoms with Crippen molar-refractivity contribution < 1.29 is 50.9 Å². The number of carboxylic acid groups (broad SMARTS) is 1. The smallest absolute Gasteiger partial charge is 0.475 e. The normalized spacial score (nSPS) is 21.5. The molecule has 192 valence electrons. The third-order valence-corrected chi connectivity index (χ3v) is 6.37. The highest BCUT2D eigenvalue weighted by atomic mass is 19.4. The van der Waals surface area contributed by atoms with Crippen molar-refractivity contribution in [3.8, 4) is 5.75 Å². The molecular formula is C23H19F5N2O6. The molecule has 2 aromatic rings. The van der Waals surface area contributed by atoms with Crippen LogP contribution in [0.3, 0.4) is 0 Å². The zero-order valence-electron chi connectivity index (χ0n) is 18.4. The van der Waals surface area contributed by atoms with Crippen LogP contribution < -0.4 is 4.74 Å². The van der Waals surface area contributed by atoms with Crippen molar-refractivity contribution in [1.29, 1.82) is 0 Å². The van der Waals surface area contributed by atoms with Gasteiger partial charge >= 0.3 is 24.7 Å². The van der Waals surface area contributed by atoms with E-state index in [1.807, 2.05) is 0 Å². The average Bonchev–Trinajstić information content (AvgIpc) is 3.45. The molecule has 1 aromatic carbocycles. The van der Waals surface area contributed by atoms with Crippen molar-refractivity contribution in [2.24, 2.45) is 0 Å². The van der Waals surface area contributed by atoms with Gasteiger partial charge in [-0.3, -0.25) is 9.78 Å². The maximum absolute atomic E-state index is 13.3. The highest BCUT2D eigenvalue weighted by molar-refractivity contribution is 5.95. The van der Waals surface area contributed by atoms with Gasteiger partial charge in [0.15, 0.2) is 5.60 Å². The topological polar surface area (TPSA) is 106 Å². The molecule has 3 aliphatic rings. The Bertz CT molecular complexity index is 1180. The van der Waals surface area contributed by atoms with E-state index in [0.717, 1.165) is 11.1 Å². The van der Waals surface area contributed by atoms with Gasteiger partial charge < -0.3 is 19.5 Å². The van der Waals surface area contributed by atoms with Crippen molar-refractivity contribution in [2.45, 2.75) is 43.1 Å². The van der Waals surface area contributed by atoms with Crippen LogP contribution in [0.15, 0.2) is 42.7 Å². The standard InChI is InChI=1S/C21H18F2N2O4.C2HF3O2/c22-19(23)28-14-3-1-13(2-4-14)20(6-7-20)18(27)25-10-8-21(12-25)16-5-9-24-11-15(16)17(26)29-21;3-2(4,5)1(6)7/h1-5,9,11,19H,6-8,10,12H2;(H,6,7). The number of carbonyl (C=O) groups excluding carboxylic acids is 2. The first-order chi connectivity index (χ1) is 16.9. The van der Waals surface area contributed by atoms with Crippen LogP contribution in [0.5, 0.6) is 5.75 Å². The van der Waals surface area contributed by atoms with Gasteiger partial charge in [-0.1, -0.05) is 12.1 Å². The second kappa shape index (κ2) is 9.03. The number of pyridine rings is 1. The fourth-order valence-electron chi connectivity index (χ4n) is 4.51. The minimum absolute atomic E-state index is 0.0181. The van der Waals surface area contributed by atoms with Crippen LogP contribution in [-0.2, 0) is 25.3 Å². The van der Waals surface area contributed by atoms with Gasteiger partial charge in [-0.05, 0) is 36.6 Å². The summed E-state index contributed by atoms with van der Waals surface area (Å²) < 4.78 is 66.5. The van der Waals surface area contributed by atoms with E-state index in [0.29, 0.717) is 37.9 Å². The molecule has 2 fully saturated rings. The summed E-state index contributed by atoms with van der Waals surface area (Å²) in [4.78, 5) is 40.2. The summed E-state index contributed by atoms with van der Waals surface area (Å²) in [5.41, 5.74) is 0.580. The summed E-state index contributed by atoms with van der Waals surface area (Å²) in [6.07, 6.45) is -0.0190. The Morgan fingerprint density at radius 2 is 1.75 bits per heavy atom. The SMILES string of the molecule is O=C(O)C(F)(F)F.O=C1OC2(CCN(C(=O)C3(c4ccc(OC(F)F)cc4)CC3)C2)c2ccncc21. The van der Waals surface area contributed by atoms with E-state index >= 15 is 0 Å². The predicted octanol–water partition coefficient (Wildman–Crippen LogP) is 3.65. The molecule has 0 radical (unpaired) electrons. The minimum Gasteiger partial charge on any atom is -0.475 e. The predicted molar refractivity (Wildman–Crippen MR) is 110 cm³/mol. The van der Waals surface area contributed by atoms with Crippen molar-refractivity contribution in [3.63, 3.8) is 0 Å². The van der Waals surface area contributed by atoms with E-state index in [4.69, 9.17) is 14.6 Å². The van der Waals surface area contributed by atoms with Gasteiger partial charge in [-0.25, -0.2) is 9.59 Å². The molecule has 5 rings (SSSR count). The number of nitrogens with zero attached hydrogens (tertiary/aromatic N) is 2. The Morgan fingerprint density at radius 1 is 1.11 bits per heavy atom. The van der Waals surface area contributed by atoms with E-state index in [2.05, 4.69) is 9.72 Å². The van der Waals surface area contributed by atoms with Gasteiger partial charge in [-0.2, -0.15) is 22.0 Å². The van der Waals surface area contributed by atoms with Gasteiger partial charge in [0.05, 0.1) is 17.5 Å². The number of benzene rings is 1. The van der Waals surface area contributed by atoms with Crippen LogP contribution in [0.2, 0.25) is 0 Å². The Labute approximate surface area is 200 Å². The molecule has 1 unspecified atom stereocenters. The van der Waals surface area contributed by atoms with E-state index < -0.39 is 35.7 Å². The third kappa shape index (κ3) is 4.69. The quantitative estimate of drug-likeness (QED) is 0.491. The number of ether oxygens (including phenoxy) is 2. The van der Waals surface area contributed by atoms with Crippen LogP contribution in [0.1, 0.15) is 40.7 Å². The number of halogens is 5. The van der Waals surface area contributed by atoms with E-state index in [9.17, 15) is 31.5 Å². The number of carbonyl (C=O) groups is 3. The summed E-state index contributed by atoms with van der Waals surface area (Å²) in [6, 6.07) is 8.05. The van der Waals surface area contributed by atoms with Crippen molar-refractivity contribution in [3.05, 3.63) is 59.4 Å².